The minimum atomic E-state index is 0.0666. The third-order valence-electron chi connectivity index (χ3n) is 4.96. The van der Waals surface area contributed by atoms with Crippen LogP contribution < -0.4 is 0 Å². The highest BCUT2D eigenvalue weighted by molar-refractivity contribution is 5.95. The van der Waals surface area contributed by atoms with Crippen molar-refractivity contribution in [3.05, 3.63) is 17.5 Å². The highest BCUT2D eigenvalue weighted by Gasteiger charge is 2.47. The van der Waals surface area contributed by atoms with Crippen LogP contribution in [-0.2, 0) is 4.74 Å². The summed E-state index contributed by atoms with van der Waals surface area (Å²) < 4.78 is 11.0. The maximum absolute atomic E-state index is 12.5. The summed E-state index contributed by atoms with van der Waals surface area (Å²) in [4.78, 5) is 14.5. The van der Waals surface area contributed by atoms with Gasteiger partial charge in [-0.25, -0.2) is 0 Å². The number of likely N-dealkylation sites (tertiary alicyclic amines) is 1. The lowest BCUT2D eigenvalue weighted by molar-refractivity contribution is -0.00318. The van der Waals surface area contributed by atoms with Crippen molar-refractivity contribution in [3.8, 4) is 0 Å². The molecule has 4 rings (SSSR count). The van der Waals surface area contributed by atoms with Crippen molar-refractivity contribution in [2.45, 2.75) is 44.8 Å². The van der Waals surface area contributed by atoms with Crippen LogP contribution in [0.4, 0.5) is 0 Å². The van der Waals surface area contributed by atoms with E-state index in [1.807, 2.05) is 4.90 Å². The van der Waals surface area contributed by atoms with Gasteiger partial charge >= 0.3 is 0 Å². The molecule has 2 bridgehead atoms. The van der Waals surface area contributed by atoms with Crippen molar-refractivity contribution < 1.29 is 14.1 Å². The van der Waals surface area contributed by atoms with Crippen molar-refractivity contribution in [1.82, 2.24) is 10.1 Å². The minimum Gasteiger partial charge on any atom is -0.377 e. The van der Waals surface area contributed by atoms with Gasteiger partial charge in [0.1, 0.15) is 11.3 Å². The van der Waals surface area contributed by atoms with Crippen molar-refractivity contribution >= 4 is 5.91 Å². The molecule has 3 aliphatic rings. The monoisotopic (exact) mass is 276 g/mol. The van der Waals surface area contributed by atoms with Gasteiger partial charge in [0.15, 0.2) is 0 Å². The smallest absolute Gasteiger partial charge is 0.259 e. The van der Waals surface area contributed by atoms with Crippen LogP contribution in [0.3, 0.4) is 0 Å². The quantitative estimate of drug-likeness (QED) is 0.844. The Morgan fingerprint density at radius 3 is 2.95 bits per heavy atom. The van der Waals surface area contributed by atoms with E-state index in [9.17, 15) is 4.79 Å². The Morgan fingerprint density at radius 2 is 2.35 bits per heavy atom. The maximum atomic E-state index is 12.5. The summed E-state index contributed by atoms with van der Waals surface area (Å²) >= 11 is 0. The van der Waals surface area contributed by atoms with Crippen LogP contribution in [-0.4, -0.2) is 41.3 Å². The van der Waals surface area contributed by atoms with Gasteiger partial charge in [0, 0.05) is 25.1 Å². The number of ether oxygens (including phenoxy) is 1. The van der Waals surface area contributed by atoms with Gasteiger partial charge in [0.2, 0.25) is 0 Å². The van der Waals surface area contributed by atoms with Crippen LogP contribution in [0.25, 0.3) is 0 Å². The summed E-state index contributed by atoms with van der Waals surface area (Å²) in [6.07, 6.45) is 6.65. The average molecular weight is 276 g/mol. The second-order valence-corrected chi connectivity index (χ2v) is 6.45. The van der Waals surface area contributed by atoms with E-state index in [1.54, 1.807) is 6.92 Å². The number of hydrogen-bond acceptors (Lipinski definition) is 4. The Kier molecular flexibility index (Phi) is 2.84. The number of piperidine rings is 1. The van der Waals surface area contributed by atoms with Gasteiger partial charge in [-0.15, -0.1) is 0 Å². The highest BCUT2D eigenvalue weighted by atomic mass is 16.5. The van der Waals surface area contributed by atoms with Gasteiger partial charge in [-0.05, 0) is 38.5 Å². The number of amides is 1. The summed E-state index contributed by atoms with van der Waals surface area (Å²) in [6, 6.07) is 0.339. The molecule has 5 heteroatoms. The van der Waals surface area contributed by atoms with Crippen LogP contribution in [0, 0.1) is 18.8 Å². The molecule has 1 amide bonds. The molecular weight excluding hydrogens is 256 g/mol. The third-order valence-corrected chi connectivity index (χ3v) is 4.96. The summed E-state index contributed by atoms with van der Waals surface area (Å²) in [5.41, 5.74) is 0.605. The third kappa shape index (κ3) is 2.04. The van der Waals surface area contributed by atoms with E-state index in [4.69, 9.17) is 9.26 Å². The molecule has 1 aliphatic heterocycles. The number of aryl methyl sites for hydroxylation is 1. The molecule has 0 unspecified atom stereocenters. The van der Waals surface area contributed by atoms with Crippen LogP contribution in [0.2, 0.25) is 0 Å². The zero-order valence-electron chi connectivity index (χ0n) is 11.7. The SMILES string of the molecule is Cc1oncc1C(=O)N1C[C@H]2C[C@H]1C[C@H]2OCC1CC1. The van der Waals surface area contributed by atoms with Gasteiger partial charge in [-0.2, -0.15) is 0 Å². The molecule has 20 heavy (non-hydrogen) atoms. The topological polar surface area (TPSA) is 55.6 Å². The van der Waals surface area contributed by atoms with E-state index in [0.29, 0.717) is 29.4 Å². The zero-order valence-corrected chi connectivity index (χ0v) is 11.7. The van der Waals surface area contributed by atoms with E-state index < -0.39 is 0 Å². The maximum Gasteiger partial charge on any atom is 0.259 e. The molecular formula is C15H20N2O3. The van der Waals surface area contributed by atoms with E-state index in [2.05, 4.69) is 5.16 Å². The van der Waals surface area contributed by atoms with E-state index in [-0.39, 0.29) is 5.91 Å². The summed E-state index contributed by atoms with van der Waals surface area (Å²) in [5.74, 6) is 2.01. The average Bonchev–Trinajstić information content (AvgIpc) is 2.85. The molecule has 2 heterocycles. The predicted molar refractivity (Wildman–Crippen MR) is 71.3 cm³/mol. The largest absolute Gasteiger partial charge is 0.377 e. The first-order valence-electron chi connectivity index (χ1n) is 7.56. The number of nitrogens with zero attached hydrogens (tertiary/aromatic N) is 2. The number of carbonyl (C=O) groups excluding carboxylic acids is 1. The molecule has 5 nitrogen and oxygen atoms in total. The molecule has 0 radical (unpaired) electrons. The molecule has 2 saturated carbocycles. The van der Waals surface area contributed by atoms with Crippen LogP contribution >= 0.6 is 0 Å². The number of aromatic nitrogens is 1. The highest BCUT2D eigenvalue weighted by Crippen LogP contribution is 2.41. The molecule has 2 aliphatic carbocycles. The Bertz CT molecular complexity index is 523. The van der Waals surface area contributed by atoms with Crippen molar-refractivity contribution in [2.75, 3.05) is 13.2 Å². The lowest BCUT2D eigenvalue weighted by atomic mass is 10.1. The molecule has 1 aromatic heterocycles. The summed E-state index contributed by atoms with van der Waals surface area (Å²) in [7, 11) is 0. The fourth-order valence-electron chi connectivity index (χ4n) is 3.56. The van der Waals surface area contributed by atoms with E-state index >= 15 is 0 Å². The lowest BCUT2D eigenvalue weighted by Gasteiger charge is -2.31. The fraction of sp³-hybridized carbons (Fsp3) is 0.733. The van der Waals surface area contributed by atoms with Crippen LogP contribution in [0.5, 0.6) is 0 Å². The number of rotatable bonds is 4. The fourth-order valence-corrected chi connectivity index (χ4v) is 3.56. The first kappa shape index (κ1) is 12.4. The first-order chi connectivity index (χ1) is 9.72. The second-order valence-electron chi connectivity index (χ2n) is 6.45. The van der Waals surface area contributed by atoms with Crippen molar-refractivity contribution in [2.24, 2.45) is 11.8 Å². The molecule has 1 saturated heterocycles. The van der Waals surface area contributed by atoms with Gasteiger partial charge in [0.25, 0.3) is 5.91 Å². The number of carbonyl (C=O) groups is 1. The van der Waals surface area contributed by atoms with Gasteiger partial charge in [-0.1, -0.05) is 5.16 Å². The predicted octanol–water partition coefficient (Wildman–Crippen LogP) is 2.01. The number of fused-ring (bicyclic) bond motifs is 2. The Morgan fingerprint density at radius 1 is 1.50 bits per heavy atom. The standard InChI is InChI=1S/C15H20N2O3/c1-9-13(6-16-20-9)15(18)17-7-11-4-12(17)5-14(11)19-8-10-2-3-10/h6,10-12,14H,2-5,7-8H2,1H3/t11-,12+,14-/m1/s1. The minimum absolute atomic E-state index is 0.0666. The van der Waals surface area contributed by atoms with Gasteiger partial charge in [-0.3, -0.25) is 4.79 Å². The van der Waals surface area contributed by atoms with Crippen LogP contribution in [0.15, 0.2) is 10.7 Å². The normalized spacial score (nSPS) is 32.0. The lowest BCUT2D eigenvalue weighted by Crippen LogP contribution is -2.42. The molecule has 3 fully saturated rings. The summed E-state index contributed by atoms with van der Waals surface area (Å²) in [5, 5.41) is 3.70. The van der Waals surface area contributed by atoms with Gasteiger partial charge in [0.05, 0.1) is 12.3 Å². The molecule has 0 spiro atoms. The number of hydrogen-bond donors (Lipinski definition) is 0. The Labute approximate surface area is 118 Å². The zero-order chi connectivity index (χ0) is 13.7. The van der Waals surface area contributed by atoms with Crippen molar-refractivity contribution in [1.29, 1.82) is 0 Å². The Hall–Kier alpha value is -1.36. The van der Waals surface area contributed by atoms with Gasteiger partial charge < -0.3 is 14.2 Å². The van der Waals surface area contributed by atoms with E-state index in [0.717, 1.165) is 31.9 Å². The second kappa shape index (κ2) is 4.58. The molecule has 0 aromatic carbocycles. The molecule has 108 valence electrons. The van der Waals surface area contributed by atoms with Crippen molar-refractivity contribution in [3.63, 3.8) is 0 Å². The Balaban J connectivity index is 1.39. The molecule has 1 aromatic rings. The first-order valence-corrected chi connectivity index (χ1v) is 7.56. The molecule has 3 atom stereocenters. The van der Waals surface area contributed by atoms with Crippen LogP contribution in [0.1, 0.15) is 41.8 Å². The molecule has 0 N–H and O–H groups in total. The summed E-state index contributed by atoms with van der Waals surface area (Å²) in [6.45, 7) is 3.53. The van der Waals surface area contributed by atoms with E-state index in [1.165, 1.54) is 19.0 Å².